The first-order chi connectivity index (χ1) is 10.4. The molecule has 0 saturated heterocycles. The summed E-state index contributed by atoms with van der Waals surface area (Å²) in [6, 6.07) is 1.86. The number of hydrogen-bond acceptors (Lipinski definition) is 5. The molecule has 4 N–H and O–H groups in total. The molecule has 2 aromatic heterocycles. The molecule has 0 fully saturated rings. The smallest absolute Gasteiger partial charge is 0.337 e. The minimum atomic E-state index is -0.857. The van der Waals surface area contributed by atoms with Gasteiger partial charge in [0.05, 0.1) is 23.2 Å². The van der Waals surface area contributed by atoms with Crippen molar-refractivity contribution in [3.8, 4) is 10.4 Å². The van der Waals surface area contributed by atoms with E-state index in [0.717, 1.165) is 35.3 Å². The first-order valence-electron chi connectivity index (χ1n) is 7.30. The molecule has 0 radical (unpaired) electrons. The summed E-state index contributed by atoms with van der Waals surface area (Å²) in [5.41, 5.74) is 4.96. The number of aryl methyl sites for hydroxylation is 1. The largest absolute Gasteiger partial charge is 0.478 e. The predicted octanol–water partition coefficient (Wildman–Crippen LogP) is 3.18. The van der Waals surface area contributed by atoms with Crippen LogP contribution in [0.2, 0.25) is 0 Å². The van der Waals surface area contributed by atoms with E-state index in [9.17, 15) is 9.90 Å². The van der Waals surface area contributed by atoms with Gasteiger partial charge in [-0.25, -0.2) is 4.79 Å². The topological polar surface area (TPSA) is 88.5 Å². The molecule has 0 amide bonds. The molecule has 3 rings (SSSR count). The molecular weight excluding hydrogens is 300 g/mol. The Hall–Kier alpha value is -1.63. The van der Waals surface area contributed by atoms with Crippen molar-refractivity contribution in [2.45, 2.75) is 39.7 Å². The van der Waals surface area contributed by atoms with Gasteiger partial charge in [-0.1, -0.05) is 13.8 Å². The first kappa shape index (κ1) is 15.3. The molecule has 22 heavy (non-hydrogen) atoms. The Morgan fingerprint density at radius 1 is 1.55 bits per heavy atom. The lowest BCUT2D eigenvalue weighted by atomic mass is 9.76. The number of furan rings is 1. The molecule has 0 saturated carbocycles. The van der Waals surface area contributed by atoms with Crippen molar-refractivity contribution in [3.63, 3.8) is 0 Å². The van der Waals surface area contributed by atoms with Crippen LogP contribution >= 0.6 is 11.3 Å². The van der Waals surface area contributed by atoms with E-state index in [1.165, 1.54) is 4.88 Å². The molecule has 0 aromatic carbocycles. The zero-order chi connectivity index (χ0) is 15.9. The number of hydrazine groups is 1. The maximum Gasteiger partial charge on any atom is 0.337 e. The molecule has 0 spiro atoms. The molecule has 0 atom stereocenters. The summed E-state index contributed by atoms with van der Waals surface area (Å²) in [4.78, 5) is 13.8. The number of hydrogen-bond donors (Lipinski definition) is 3. The Labute approximate surface area is 133 Å². The van der Waals surface area contributed by atoms with Crippen LogP contribution in [0.3, 0.4) is 0 Å². The minimum Gasteiger partial charge on any atom is -0.478 e. The van der Waals surface area contributed by atoms with Gasteiger partial charge in [0.1, 0.15) is 5.76 Å². The molecular formula is C16H20N2O3S. The highest BCUT2D eigenvalue weighted by atomic mass is 32.1. The summed E-state index contributed by atoms with van der Waals surface area (Å²) in [6.45, 7) is 4.81. The van der Waals surface area contributed by atoms with E-state index < -0.39 is 5.97 Å². The van der Waals surface area contributed by atoms with Crippen molar-refractivity contribution in [1.82, 2.24) is 5.43 Å². The van der Waals surface area contributed by atoms with Gasteiger partial charge < -0.3 is 9.52 Å². The molecule has 2 heterocycles. The molecule has 118 valence electrons. The average Bonchev–Trinajstić information content (AvgIpc) is 3.01. The summed E-state index contributed by atoms with van der Waals surface area (Å²) in [6.07, 6.45) is 4.46. The number of carbonyl (C=O) groups is 1. The summed E-state index contributed by atoms with van der Waals surface area (Å²) in [5, 5.41) is 9.70. The molecule has 1 aliphatic rings. The maximum atomic E-state index is 11.8. The zero-order valence-corrected chi connectivity index (χ0v) is 13.5. The van der Waals surface area contributed by atoms with Gasteiger partial charge in [-0.3, -0.25) is 11.3 Å². The summed E-state index contributed by atoms with van der Waals surface area (Å²) >= 11 is 1.58. The number of aromatic carboxylic acids is 1. The average molecular weight is 320 g/mol. The normalized spacial score (nSPS) is 16.5. The summed E-state index contributed by atoms with van der Waals surface area (Å²) < 4.78 is 5.44. The molecule has 0 aliphatic heterocycles. The van der Waals surface area contributed by atoms with E-state index in [0.29, 0.717) is 17.9 Å². The van der Waals surface area contributed by atoms with Gasteiger partial charge in [-0.05, 0) is 36.3 Å². The van der Waals surface area contributed by atoms with E-state index >= 15 is 0 Å². The van der Waals surface area contributed by atoms with Crippen LogP contribution in [0.5, 0.6) is 0 Å². The van der Waals surface area contributed by atoms with Gasteiger partial charge in [-0.15, -0.1) is 11.3 Å². The number of carboxylic acids is 1. The van der Waals surface area contributed by atoms with E-state index in [-0.39, 0.29) is 5.41 Å². The van der Waals surface area contributed by atoms with E-state index in [1.54, 1.807) is 17.6 Å². The van der Waals surface area contributed by atoms with Crippen LogP contribution in [0.25, 0.3) is 10.4 Å². The fraction of sp³-hybridized carbons (Fsp3) is 0.438. The predicted molar refractivity (Wildman–Crippen MR) is 85.8 cm³/mol. The van der Waals surface area contributed by atoms with Crippen molar-refractivity contribution >= 4 is 17.3 Å². The zero-order valence-electron chi connectivity index (χ0n) is 12.7. The van der Waals surface area contributed by atoms with Crippen LogP contribution in [0.4, 0.5) is 0 Å². The molecule has 5 nitrogen and oxygen atoms in total. The van der Waals surface area contributed by atoms with Gasteiger partial charge in [-0.2, -0.15) is 0 Å². The van der Waals surface area contributed by atoms with E-state index in [1.807, 2.05) is 6.07 Å². The fourth-order valence-corrected chi connectivity index (χ4v) is 4.33. The highest BCUT2D eigenvalue weighted by Gasteiger charge is 2.33. The van der Waals surface area contributed by atoms with Crippen molar-refractivity contribution in [3.05, 3.63) is 34.1 Å². The van der Waals surface area contributed by atoms with E-state index in [4.69, 9.17) is 10.3 Å². The number of rotatable bonds is 4. The second-order valence-corrected chi connectivity index (χ2v) is 7.64. The Morgan fingerprint density at radius 2 is 2.32 bits per heavy atom. The molecule has 0 bridgehead atoms. The quantitative estimate of drug-likeness (QED) is 0.595. The van der Waals surface area contributed by atoms with Crippen LogP contribution < -0.4 is 11.3 Å². The standard InChI is InChI=1S/C16H20N2O3S/c1-16(2)4-3-12-11(6-16)13(15(19)20)14(22-12)9-5-10(7-18-17)21-8-9/h5,8,18H,3-4,6-7,17H2,1-2H3,(H,19,20). The summed E-state index contributed by atoms with van der Waals surface area (Å²) in [7, 11) is 0. The van der Waals surface area contributed by atoms with Crippen LogP contribution in [0.15, 0.2) is 16.7 Å². The second-order valence-electron chi connectivity index (χ2n) is 6.54. The van der Waals surface area contributed by atoms with Gasteiger partial charge in [0.25, 0.3) is 0 Å². The number of nitrogens with two attached hydrogens (primary N) is 1. The maximum absolute atomic E-state index is 11.8. The van der Waals surface area contributed by atoms with Crippen molar-refractivity contribution < 1.29 is 14.3 Å². The summed E-state index contributed by atoms with van der Waals surface area (Å²) in [5.74, 6) is 5.13. The van der Waals surface area contributed by atoms with Crippen LogP contribution in [0.1, 0.15) is 46.8 Å². The number of thiophene rings is 1. The Bertz CT molecular complexity index is 715. The van der Waals surface area contributed by atoms with Crippen LogP contribution in [-0.2, 0) is 19.4 Å². The molecule has 6 heteroatoms. The molecule has 1 aliphatic carbocycles. The number of fused-ring (bicyclic) bond motifs is 1. The van der Waals surface area contributed by atoms with Crippen molar-refractivity contribution in [2.75, 3.05) is 0 Å². The van der Waals surface area contributed by atoms with Gasteiger partial charge >= 0.3 is 5.97 Å². The molecule has 0 unspecified atom stereocenters. The third kappa shape index (κ3) is 2.69. The lowest BCUT2D eigenvalue weighted by Crippen LogP contribution is -2.22. The monoisotopic (exact) mass is 320 g/mol. The third-order valence-electron chi connectivity index (χ3n) is 4.18. The highest BCUT2D eigenvalue weighted by molar-refractivity contribution is 7.16. The molecule has 2 aromatic rings. The van der Waals surface area contributed by atoms with Crippen molar-refractivity contribution in [1.29, 1.82) is 0 Å². The van der Waals surface area contributed by atoms with Crippen molar-refractivity contribution in [2.24, 2.45) is 11.3 Å². The highest BCUT2D eigenvalue weighted by Crippen LogP contribution is 2.45. The lowest BCUT2D eigenvalue weighted by molar-refractivity contribution is 0.0696. The minimum absolute atomic E-state index is 0.153. The van der Waals surface area contributed by atoms with Crippen LogP contribution in [-0.4, -0.2) is 11.1 Å². The van der Waals surface area contributed by atoms with Gasteiger partial charge in [0.2, 0.25) is 0 Å². The number of nitrogens with one attached hydrogen (secondary N) is 1. The first-order valence-corrected chi connectivity index (χ1v) is 8.12. The third-order valence-corrected chi connectivity index (χ3v) is 5.52. The Kier molecular flexibility index (Phi) is 3.84. The second kappa shape index (κ2) is 5.53. The number of carboxylic acid groups (broad SMARTS) is 1. The SMILES string of the molecule is CC1(C)CCc2sc(-c3coc(CNN)c3)c(C(=O)O)c2C1. The Balaban J connectivity index is 2.08. The van der Waals surface area contributed by atoms with E-state index in [2.05, 4.69) is 19.3 Å². The van der Waals surface area contributed by atoms with Crippen LogP contribution in [0, 0.1) is 5.41 Å². The van der Waals surface area contributed by atoms with Gasteiger partial charge in [0.15, 0.2) is 0 Å². The lowest BCUT2D eigenvalue weighted by Gasteiger charge is -2.29. The fourth-order valence-electron chi connectivity index (χ4n) is 3.04. The van der Waals surface area contributed by atoms with Gasteiger partial charge in [0, 0.05) is 10.4 Å². The Morgan fingerprint density at radius 3 is 3.00 bits per heavy atom.